The fourth-order valence-corrected chi connectivity index (χ4v) is 4.90. The third-order valence-electron chi connectivity index (χ3n) is 5.65. The number of aromatic nitrogens is 3. The van der Waals surface area contributed by atoms with E-state index < -0.39 is 29.9 Å². The largest absolute Gasteiger partial charge is 0.453 e. The molecule has 3 aromatic heterocycles. The van der Waals surface area contributed by atoms with Crippen LogP contribution >= 0.6 is 11.3 Å². The lowest BCUT2D eigenvalue weighted by atomic mass is 10.2. The van der Waals surface area contributed by atoms with Crippen molar-refractivity contribution in [2.45, 2.75) is 26.3 Å². The lowest BCUT2D eigenvalue weighted by molar-refractivity contribution is -0.123. The molecule has 5 aromatic rings. The minimum Gasteiger partial charge on any atom is -0.453 e. The highest BCUT2D eigenvalue weighted by molar-refractivity contribution is 7.22. The number of para-hydroxylation sites is 1. The van der Waals surface area contributed by atoms with Gasteiger partial charge in [-0.2, -0.15) is 0 Å². The predicted molar refractivity (Wildman–Crippen MR) is 146 cm³/mol. The van der Waals surface area contributed by atoms with E-state index in [4.69, 9.17) is 4.74 Å². The van der Waals surface area contributed by atoms with E-state index in [2.05, 4.69) is 27.5 Å². The number of nitrogens with zero attached hydrogens (tertiary/aromatic N) is 3. The number of thiophene rings is 1. The number of rotatable bonds is 9. The molecule has 0 saturated heterocycles. The highest BCUT2D eigenvalue weighted by Crippen LogP contribution is 2.39. The van der Waals surface area contributed by atoms with Crippen molar-refractivity contribution in [3.8, 4) is 22.1 Å². The van der Waals surface area contributed by atoms with Crippen LogP contribution in [0.1, 0.15) is 19.8 Å². The van der Waals surface area contributed by atoms with Crippen molar-refractivity contribution < 1.29 is 23.1 Å². The van der Waals surface area contributed by atoms with E-state index in [1.807, 2.05) is 16.8 Å². The van der Waals surface area contributed by atoms with Crippen LogP contribution in [0.2, 0.25) is 0 Å². The summed E-state index contributed by atoms with van der Waals surface area (Å²) >= 11 is 1.45. The molecule has 39 heavy (non-hydrogen) atoms. The fraction of sp³-hybridized carbons (Fsp3) is 0.143. The Morgan fingerprint density at radius 3 is 2.59 bits per heavy atom. The van der Waals surface area contributed by atoms with E-state index in [1.165, 1.54) is 41.7 Å². The second-order valence-electron chi connectivity index (χ2n) is 8.63. The molecule has 0 aliphatic heterocycles. The Bertz CT molecular complexity index is 1670. The third-order valence-corrected chi connectivity index (χ3v) is 6.81. The Kier molecular flexibility index (Phi) is 7.60. The molecular weight excluding hydrogens is 524 g/mol. The summed E-state index contributed by atoms with van der Waals surface area (Å²) in [6.45, 7) is 2.97. The summed E-state index contributed by atoms with van der Waals surface area (Å²) in [6, 6.07) is 13.1. The molecule has 0 atom stereocenters. The van der Waals surface area contributed by atoms with Crippen molar-refractivity contribution in [3.63, 3.8) is 0 Å². The maximum Gasteiger partial charge on any atom is 0.233 e. The Balaban J connectivity index is 1.26. The molecular formula is C28H23F2N5O3S. The molecule has 2 N–H and O–H groups in total. The van der Waals surface area contributed by atoms with Crippen LogP contribution in [0, 0.1) is 11.6 Å². The number of aryl methyl sites for hydroxylation is 1. The molecule has 0 aliphatic rings. The van der Waals surface area contributed by atoms with E-state index in [-0.39, 0.29) is 17.1 Å². The molecule has 5 rings (SSSR count). The van der Waals surface area contributed by atoms with E-state index in [0.717, 1.165) is 34.3 Å². The van der Waals surface area contributed by atoms with Crippen molar-refractivity contribution in [2.75, 3.05) is 10.6 Å². The second kappa shape index (κ2) is 11.4. The number of ether oxygens (including phenoxy) is 1. The van der Waals surface area contributed by atoms with Gasteiger partial charge in [-0.3, -0.25) is 14.6 Å². The maximum absolute atomic E-state index is 14.9. The third kappa shape index (κ3) is 6.10. The first-order valence-electron chi connectivity index (χ1n) is 12.1. The molecule has 0 spiro atoms. The van der Waals surface area contributed by atoms with Gasteiger partial charge in [-0.1, -0.05) is 19.1 Å². The number of nitrogens with one attached hydrogen (secondary N) is 2. The van der Waals surface area contributed by atoms with Gasteiger partial charge in [0.25, 0.3) is 0 Å². The van der Waals surface area contributed by atoms with Gasteiger partial charge >= 0.3 is 0 Å². The van der Waals surface area contributed by atoms with Crippen molar-refractivity contribution in [3.05, 3.63) is 85.0 Å². The molecule has 0 aliphatic carbocycles. The highest BCUT2D eigenvalue weighted by Gasteiger charge is 2.16. The molecule has 8 nitrogen and oxygen atoms in total. The number of anilines is 2. The summed E-state index contributed by atoms with van der Waals surface area (Å²) in [5, 5.41) is 4.79. The van der Waals surface area contributed by atoms with Gasteiger partial charge < -0.3 is 19.9 Å². The van der Waals surface area contributed by atoms with Crippen LogP contribution < -0.4 is 15.4 Å². The van der Waals surface area contributed by atoms with Gasteiger partial charge in [-0.05, 0) is 36.8 Å². The maximum atomic E-state index is 14.9. The normalized spacial score (nSPS) is 10.9. The lowest BCUT2D eigenvalue weighted by Crippen LogP contribution is -2.21. The molecule has 2 aromatic carbocycles. The number of hydrogen-bond donors (Lipinski definition) is 2. The number of hydrogen-bond acceptors (Lipinski definition) is 6. The molecule has 2 amide bonds. The minimum atomic E-state index is -0.705. The predicted octanol–water partition coefficient (Wildman–Crippen LogP) is 6.61. The summed E-state index contributed by atoms with van der Waals surface area (Å²) in [4.78, 5) is 34.1. The molecule has 0 saturated carbocycles. The summed E-state index contributed by atoms with van der Waals surface area (Å²) < 4.78 is 37.2. The smallest absolute Gasteiger partial charge is 0.233 e. The molecule has 0 unspecified atom stereocenters. The number of halogens is 2. The number of benzene rings is 2. The Hall–Kier alpha value is -4.64. The second-order valence-corrected chi connectivity index (χ2v) is 9.68. The van der Waals surface area contributed by atoms with Crippen molar-refractivity contribution >= 4 is 44.7 Å². The molecule has 0 radical (unpaired) electrons. The minimum absolute atomic E-state index is 0.0305. The van der Waals surface area contributed by atoms with Gasteiger partial charge in [0.05, 0.1) is 32.8 Å². The SMILES string of the molecule is CCCn1cnc(-c2cc3nccc(Oc4ccc(NC(=O)CC(=O)Nc5ccccc5F)cc4F)c3s2)c1. The Morgan fingerprint density at radius 2 is 1.79 bits per heavy atom. The van der Waals surface area contributed by atoms with Crippen LogP contribution in [0.15, 0.2) is 73.3 Å². The zero-order valence-electron chi connectivity index (χ0n) is 20.8. The number of imidazole rings is 1. The van der Waals surface area contributed by atoms with Gasteiger partial charge in [0.15, 0.2) is 11.6 Å². The number of amides is 2. The summed E-state index contributed by atoms with van der Waals surface area (Å²) in [7, 11) is 0. The number of carbonyl (C=O) groups is 2. The first-order valence-corrected chi connectivity index (χ1v) is 12.9. The van der Waals surface area contributed by atoms with Crippen LogP contribution in [0.4, 0.5) is 20.2 Å². The highest BCUT2D eigenvalue weighted by atomic mass is 32.1. The van der Waals surface area contributed by atoms with Crippen LogP contribution in [0.25, 0.3) is 20.8 Å². The monoisotopic (exact) mass is 547 g/mol. The quantitative estimate of drug-likeness (QED) is 0.203. The van der Waals surface area contributed by atoms with E-state index in [1.54, 1.807) is 24.7 Å². The van der Waals surface area contributed by atoms with Crippen molar-refractivity contribution in [2.24, 2.45) is 0 Å². The Labute approximate surface area is 226 Å². The van der Waals surface area contributed by atoms with Crippen molar-refractivity contribution in [1.29, 1.82) is 0 Å². The lowest BCUT2D eigenvalue weighted by Gasteiger charge is -2.10. The Morgan fingerprint density at radius 1 is 0.974 bits per heavy atom. The summed E-state index contributed by atoms with van der Waals surface area (Å²) in [5.41, 5.74) is 1.64. The van der Waals surface area contributed by atoms with E-state index in [9.17, 15) is 18.4 Å². The summed E-state index contributed by atoms with van der Waals surface area (Å²) in [5.74, 6) is -2.31. The van der Waals surface area contributed by atoms with E-state index in [0.29, 0.717) is 11.3 Å². The van der Waals surface area contributed by atoms with Crippen molar-refractivity contribution in [1.82, 2.24) is 14.5 Å². The van der Waals surface area contributed by atoms with Gasteiger partial charge in [0.2, 0.25) is 11.8 Å². The van der Waals surface area contributed by atoms with Crippen LogP contribution in [-0.2, 0) is 16.1 Å². The van der Waals surface area contributed by atoms with Crippen LogP contribution in [0.3, 0.4) is 0 Å². The standard InChI is InChI=1S/C28H23F2N5O3S/c1-2-11-35-15-22(32-16-35)25-13-21-28(39-25)24(9-10-31-21)38-23-8-7-17(12-19(23)30)33-26(36)14-27(37)34-20-6-4-3-5-18(20)29/h3-10,12-13,15-16H,2,11,14H2,1H3,(H,33,36)(H,34,37). The first kappa shape index (κ1) is 26.0. The molecule has 11 heteroatoms. The number of carbonyl (C=O) groups excluding carboxylic acids is 2. The van der Waals surface area contributed by atoms with Gasteiger partial charge in [0, 0.05) is 36.8 Å². The topological polar surface area (TPSA) is 98.1 Å². The van der Waals surface area contributed by atoms with Gasteiger partial charge in [-0.25, -0.2) is 13.8 Å². The molecule has 0 bridgehead atoms. The van der Waals surface area contributed by atoms with Crippen LogP contribution in [-0.4, -0.2) is 26.3 Å². The van der Waals surface area contributed by atoms with Gasteiger partial charge in [-0.15, -0.1) is 11.3 Å². The zero-order valence-corrected chi connectivity index (χ0v) is 21.6. The first-order chi connectivity index (χ1) is 18.9. The fourth-order valence-electron chi connectivity index (χ4n) is 3.88. The van der Waals surface area contributed by atoms with Crippen LogP contribution in [0.5, 0.6) is 11.5 Å². The average Bonchev–Trinajstić information content (AvgIpc) is 3.55. The zero-order chi connectivity index (χ0) is 27.4. The number of pyridine rings is 1. The average molecular weight is 548 g/mol. The number of fused-ring (bicyclic) bond motifs is 1. The van der Waals surface area contributed by atoms with E-state index >= 15 is 0 Å². The summed E-state index contributed by atoms with van der Waals surface area (Å²) in [6.07, 6.45) is 5.79. The van der Waals surface area contributed by atoms with Gasteiger partial charge in [0.1, 0.15) is 18.0 Å². The molecule has 198 valence electrons. The molecule has 3 heterocycles. The molecule has 0 fully saturated rings.